The lowest BCUT2D eigenvalue weighted by Gasteiger charge is -2.08. The summed E-state index contributed by atoms with van der Waals surface area (Å²) in [5.41, 5.74) is 9.75. The topological polar surface area (TPSA) is 89.3 Å². The van der Waals surface area contributed by atoms with Gasteiger partial charge >= 0.3 is 0 Å². The lowest BCUT2D eigenvalue weighted by atomic mass is 10.2. The van der Waals surface area contributed by atoms with Crippen LogP contribution in [0.1, 0.15) is 6.92 Å². The average Bonchev–Trinajstić information content (AvgIpc) is 1.64. The molecule has 2 atom stereocenters. The number of amides is 1. The third-order valence-corrected chi connectivity index (χ3v) is 0.848. The summed E-state index contributed by atoms with van der Waals surface area (Å²) in [7, 11) is 0. The Hall–Kier alpha value is -0.320. The van der Waals surface area contributed by atoms with E-state index >= 15 is 0 Å². The van der Waals surface area contributed by atoms with E-state index in [1.807, 2.05) is 0 Å². The number of aliphatic hydroxyl groups is 1. The van der Waals surface area contributed by atoms with E-state index in [4.69, 9.17) is 16.6 Å². The van der Waals surface area contributed by atoms with Crippen LogP contribution in [0.15, 0.2) is 0 Å². The molecule has 0 saturated heterocycles. The Labute approximate surface area is 59.6 Å². The molecule has 5 heteroatoms. The molecule has 0 aromatic rings. The Morgan fingerprint density at radius 2 is 2.00 bits per heavy atom. The SMILES string of the molecule is C[C@@H](O)[C@H](N)C(N)=O.Cl. The molecule has 0 heterocycles. The van der Waals surface area contributed by atoms with Gasteiger partial charge in [-0.05, 0) is 6.92 Å². The fraction of sp³-hybridized carbons (Fsp3) is 0.750. The van der Waals surface area contributed by atoms with Crippen molar-refractivity contribution in [1.82, 2.24) is 0 Å². The maximum absolute atomic E-state index is 10.1. The van der Waals surface area contributed by atoms with Crippen molar-refractivity contribution in [2.45, 2.75) is 19.1 Å². The van der Waals surface area contributed by atoms with Gasteiger partial charge in [-0.1, -0.05) is 0 Å². The molecule has 0 saturated carbocycles. The highest BCUT2D eigenvalue weighted by atomic mass is 35.5. The summed E-state index contributed by atoms with van der Waals surface area (Å²) in [4.78, 5) is 10.1. The largest absolute Gasteiger partial charge is 0.391 e. The number of carbonyl (C=O) groups is 1. The van der Waals surface area contributed by atoms with Crippen molar-refractivity contribution in [3.63, 3.8) is 0 Å². The van der Waals surface area contributed by atoms with Gasteiger partial charge in [0, 0.05) is 0 Å². The number of hydrogen-bond acceptors (Lipinski definition) is 3. The first kappa shape index (κ1) is 11.5. The van der Waals surface area contributed by atoms with Crippen molar-refractivity contribution in [1.29, 1.82) is 0 Å². The number of halogens is 1. The number of rotatable bonds is 2. The normalized spacial score (nSPS) is 15.4. The van der Waals surface area contributed by atoms with Gasteiger partial charge in [0.25, 0.3) is 0 Å². The van der Waals surface area contributed by atoms with Crippen LogP contribution in [0.4, 0.5) is 0 Å². The molecule has 0 aromatic carbocycles. The molecule has 0 aliphatic rings. The van der Waals surface area contributed by atoms with Crippen LogP contribution in [-0.2, 0) is 4.79 Å². The van der Waals surface area contributed by atoms with E-state index in [0.29, 0.717) is 0 Å². The van der Waals surface area contributed by atoms with Crippen LogP contribution in [0.3, 0.4) is 0 Å². The Kier molecular flexibility index (Phi) is 5.80. The first-order chi connectivity index (χ1) is 3.55. The third-order valence-electron chi connectivity index (χ3n) is 0.848. The minimum atomic E-state index is -0.935. The highest BCUT2D eigenvalue weighted by Gasteiger charge is 2.13. The van der Waals surface area contributed by atoms with Crippen LogP contribution >= 0.6 is 12.4 Å². The van der Waals surface area contributed by atoms with Gasteiger partial charge in [-0.15, -0.1) is 12.4 Å². The molecule has 1 amide bonds. The van der Waals surface area contributed by atoms with Gasteiger partial charge in [-0.25, -0.2) is 0 Å². The van der Waals surface area contributed by atoms with Crippen LogP contribution in [-0.4, -0.2) is 23.2 Å². The van der Waals surface area contributed by atoms with E-state index < -0.39 is 18.1 Å². The molecular formula is C4H11ClN2O2. The summed E-state index contributed by atoms with van der Waals surface area (Å²) in [5.74, 6) is -0.681. The Morgan fingerprint density at radius 1 is 1.67 bits per heavy atom. The van der Waals surface area contributed by atoms with Crippen molar-refractivity contribution in [2.24, 2.45) is 11.5 Å². The molecule has 0 aliphatic heterocycles. The summed E-state index contributed by atoms with van der Waals surface area (Å²) >= 11 is 0. The zero-order chi connectivity index (χ0) is 6.73. The molecule has 0 spiro atoms. The zero-order valence-electron chi connectivity index (χ0n) is 5.07. The smallest absolute Gasteiger partial charge is 0.237 e. The lowest BCUT2D eigenvalue weighted by Crippen LogP contribution is -2.44. The summed E-state index contributed by atoms with van der Waals surface area (Å²) in [6, 6.07) is -0.935. The second-order valence-electron chi connectivity index (χ2n) is 1.67. The van der Waals surface area contributed by atoms with E-state index in [-0.39, 0.29) is 12.4 Å². The number of aliphatic hydroxyl groups excluding tert-OH is 1. The minimum Gasteiger partial charge on any atom is -0.391 e. The van der Waals surface area contributed by atoms with Gasteiger partial charge in [0.05, 0.1) is 6.10 Å². The maximum Gasteiger partial charge on any atom is 0.237 e. The monoisotopic (exact) mass is 154 g/mol. The molecule has 0 rings (SSSR count). The molecule has 0 aromatic heterocycles. The van der Waals surface area contributed by atoms with Gasteiger partial charge in [0.2, 0.25) is 5.91 Å². The van der Waals surface area contributed by atoms with Gasteiger partial charge < -0.3 is 16.6 Å². The predicted octanol–water partition coefficient (Wildman–Crippen LogP) is -1.40. The number of carbonyl (C=O) groups excluding carboxylic acids is 1. The highest BCUT2D eigenvalue weighted by Crippen LogP contribution is 1.84. The number of nitrogens with two attached hydrogens (primary N) is 2. The van der Waals surface area contributed by atoms with E-state index in [1.165, 1.54) is 6.92 Å². The Morgan fingerprint density at radius 3 is 2.00 bits per heavy atom. The van der Waals surface area contributed by atoms with Gasteiger partial charge in [0.1, 0.15) is 6.04 Å². The van der Waals surface area contributed by atoms with Crippen molar-refractivity contribution < 1.29 is 9.90 Å². The quantitative estimate of drug-likeness (QED) is 0.457. The van der Waals surface area contributed by atoms with Crippen molar-refractivity contribution in [3.05, 3.63) is 0 Å². The van der Waals surface area contributed by atoms with Gasteiger partial charge in [-0.3, -0.25) is 4.79 Å². The van der Waals surface area contributed by atoms with Crippen LogP contribution in [0, 0.1) is 0 Å². The summed E-state index contributed by atoms with van der Waals surface area (Å²) < 4.78 is 0. The van der Waals surface area contributed by atoms with Crippen LogP contribution in [0.2, 0.25) is 0 Å². The molecule has 56 valence electrons. The number of hydrogen-bond donors (Lipinski definition) is 3. The van der Waals surface area contributed by atoms with E-state index in [0.717, 1.165) is 0 Å². The third kappa shape index (κ3) is 4.20. The van der Waals surface area contributed by atoms with Crippen molar-refractivity contribution in [3.8, 4) is 0 Å². The van der Waals surface area contributed by atoms with Gasteiger partial charge in [-0.2, -0.15) is 0 Å². The van der Waals surface area contributed by atoms with Crippen LogP contribution in [0.5, 0.6) is 0 Å². The van der Waals surface area contributed by atoms with Crippen molar-refractivity contribution >= 4 is 18.3 Å². The standard InChI is InChI=1S/C4H10N2O2.ClH/c1-2(7)3(5)4(6)8;/h2-3,7H,5H2,1H3,(H2,6,8);1H/t2-,3+;/m1./s1. The Balaban J connectivity index is 0. The zero-order valence-corrected chi connectivity index (χ0v) is 5.89. The van der Waals surface area contributed by atoms with Gasteiger partial charge in [0.15, 0.2) is 0 Å². The fourth-order valence-corrected chi connectivity index (χ4v) is 0.238. The molecule has 5 N–H and O–H groups in total. The molecule has 0 unspecified atom stereocenters. The van der Waals surface area contributed by atoms with Crippen LogP contribution in [0.25, 0.3) is 0 Å². The van der Waals surface area contributed by atoms with E-state index in [2.05, 4.69) is 0 Å². The summed E-state index contributed by atoms with van der Waals surface area (Å²) in [5, 5.41) is 8.57. The minimum absolute atomic E-state index is 0. The molecule has 4 nitrogen and oxygen atoms in total. The first-order valence-corrected chi connectivity index (χ1v) is 2.28. The summed E-state index contributed by atoms with van der Waals surface area (Å²) in [6.45, 7) is 1.41. The highest BCUT2D eigenvalue weighted by molar-refractivity contribution is 5.85. The first-order valence-electron chi connectivity index (χ1n) is 2.28. The predicted molar refractivity (Wildman–Crippen MR) is 36.1 cm³/mol. The lowest BCUT2D eigenvalue weighted by molar-refractivity contribution is -0.121. The van der Waals surface area contributed by atoms with Crippen LogP contribution < -0.4 is 11.5 Å². The van der Waals surface area contributed by atoms with E-state index in [9.17, 15) is 4.79 Å². The van der Waals surface area contributed by atoms with E-state index in [1.54, 1.807) is 0 Å². The molecular weight excluding hydrogens is 144 g/mol. The molecule has 0 radical (unpaired) electrons. The maximum atomic E-state index is 10.1. The fourth-order valence-electron chi connectivity index (χ4n) is 0.238. The summed E-state index contributed by atoms with van der Waals surface area (Å²) in [6.07, 6.45) is -0.854. The Bertz CT molecular complexity index is 96.6. The second kappa shape index (κ2) is 4.55. The second-order valence-corrected chi connectivity index (χ2v) is 1.67. The molecule has 0 fully saturated rings. The molecule has 9 heavy (non-hydrogen) atoms. The van der Waals surface area contributed by atoms with Crippen molar-refractivity contribution in [2.75, 3.05) is 0 Å². The molecule has 0 aliphatic carbocycles. The number of primary amides is 1. The average molecular weight is 155 g/mol. The molecule has 0 bridgehead atoms.